The van der Waals surface area contributed by atoms with Crippen LogP contribution in [0.1, 0.15) is 5.56 Å². The van der Waals surface area contributed by atoms with E-state index in [-0.39, 0.29) is 6.03 Å². The van der Waals surface area contributed by atoms with Gasteiger partial charge in [-0.25, -0.2) is 4.79 Å². The SMILES string of the molecule is O=C(NCCOc1cccc(Br)c1)NCCc1ccccc1. The Morgan fingerprint density at radius 3 is 2.55 bits per heavy atom. The highest BCUT2D eigenvalue weighted by Gasteiger charge is 2.00. The van der Waals surface area contributed by atoms with E-state index in [1.165, 1.54) is 5.56 Å². The van der Waals surface area contributed by atoms with Crippen molar-refractivity contribution in [3.63, 3.8) is 0 Å². The second-order valence-corrected chi connectivity index (χ2v) is 5.64. The molecule has 2 aromatic rings. The lowest BCUT2D eigenvalue weighted by atomic mass is 10.1. The summed E-state index contributed by atoms with van der Waals surface area (Å²) in [7, 11) is 0. The number of hydrogen-bond acceptors (Lipinski definition) is 2. The van der Waals surface area contributed by atoms with Crippen LogP contribution in [0, 0.1) is 0 Å². The van der Waals surface area contributed by atoms with Crippen LogP contribution in [0.4, 0.5) is 4.79 Å². The largest absolute Gasteiger partial charge is 0.492 e. The maximum atomic E-state index is 11.6. The van der Waals surface area contributed by atoms with Crippen LogP contribution in [-0.2, 0) is 6.42 Å². The van der Waals surface area contributed by atoms with Gasteiger partial charge in [0.25, 0.3) is 0 Å². The van der Waals surface area contributed by atoms with Crippen LogP contribution in [-0.4, -0.2) is 25.7 Å². The maximum Gasteiger partial charge on any atom is 0.314 e. The maximum absolute atomic E-state index is 11.6. The van der Waals surface area contributed by atoms with Crippen molar-refractivity contribution in [2.45, 2.75) is 6.42 Å². The Morgan fingerprint density at radius 2 is 1.77 bits per heavy atom. The molecule has 0 aliphatic carbocycles. The summed E-state index contributed by atoms with van der Waals surface area (Å²) in [6.07, 6.45) is 0.822. The number of carbonyl (C=O) groups excluding carboxylic acids is 1. The summed E-state index contributed by atoms with van der Waals surface area (Å²) in [6, 6.07) is 17.5. The quantitative estimate of drug-likeness (QED) is 0.741. The molecule has 0 atom stereocenters. The van der Waals surface area contributed by atoms with Gasteiger partial charge in [0.15, 0.2) is 0 Å². The van der Waals surface area contributed by atoms with Gasteiger partial charge in [-0.15, -0.1) is 0 Å². The van der Waals surface area contributed by atoms with Crippen molar-refractivity contribution >= 4 is 22.0 Å². The van der Waals surface area contributed by atoms with Crippen LogP contribution in [0.25, 0.3) is 0 Å². The molecule has 0 heterocycles. The number of halogens is 1. The zero-order valence-electron chi connectivity index (χ0n) is 12.2. The lowest BCUT2D eigenvalue weighted by Gasteiger charge is -2.09. The number of hydrogen-bond donors (Lipinski definition) is 2. The highest BCUT2D eigenvalue weighted by atomic mass is 79.9. The van der Waals surface area contributed by atoms with Crippen molar-refractivity contribution in [3.05, 3.63) is 64.6 Å². The Hall–Kier alpha value is -2.01. The van der Waals surface area contributed by atoms with E-state index in [1.807, 2.05) is 54.6 Å². The van der Waals surface area contributed by atoms with Crippen molar-refractivity contribution < 1.29 is 9.53 Å². The molecule has 0 unspecified atom stereocenters. The molecule has 116 valence electrons. The average molecular weight is 363 g/mol. The molecule has 0 bridgehead atoms. The van der Waals surface area contributed by atoms with E-state index < -0.39 is 0 Å². The van der Waals surface area contributed by atoms with Gasteiger partial charge in [0, 0.05) is 11.0 Å². The Kier molecular flexibility index (Phi) is 6.77. The monoisotopic (exact) mass is 362 g/mol. The van der Waals surface area contributed by atoms with Crippen LogP contribution >= 0.6 is 15.9 Å². The summed E-state index contributed by atoms with van der Waals surface area (Å²) in [5.41, 5.74) is 1.21. The molecule has 2 amide bonds. The van der Waals surface area contributed by atoms with E-state index in [1.54, 1.807) is 0 Å². The molecule has 0 saturated carbocycles. The fourth-order valence-corrected chi connectivity index (χ4v) is 2.30. The molecule has 0 aliphatic heterocycles. The second kappa shape index (κ2) is 9.10. The summed E-state index contributed by atoms with van der Waals surface area (Å²) in [6.45, 7) is 1.51. The third-order valence-electron chi connectivity index (χ3n) is 2.99. The zero-order valence-corrected chi connectivity index (χ0v) is 13.8. The Bertz CT molecular complexity index is 590. The molecule has 0 aromatic heterocycles. The van der Waals surface area contributed by atoms with Crippen molar-refractivity contribution in [1.29, 1.82) is 0 Å². The fraction of sp³-hybridized carbons (Fsp3) is 0.235. The number of carbonyl (C=O) groups is 1. The van der Waals surface area contributed by atoms with Gasteiger partial charge in [-0.05, 0) is 30.2 Å². The Labute approximate surface area is 139 Å². The Morgan fingerprint density at radius 1 is 1.00 bits per heavy atom. The molecule has 0 saturated heterocycles. The van der Waals surface area contributed by atoms with Crippen LogP contribution < -0.4 is 15.4 Å². The molecule has 22 heavy (non-hydrogen) atoms. The van der Waals surface area contributed by atoms with Gasteiger partial charge >= 0.3 is 6.03 Å². The van der Waals surface area contributed by atoms with Crippen molar-refractivity contribution in [3.8, 4) is 5.75 Å². The first kappa shape index (κ1) is 16.4. The zero-order chi connectivity index (χ0) is 15.6. The molecule has 4 nitrogen and oxygen atoms in total. The highest BCUT2D eigenvalue weighted by molar-refractivity contribution is 9.10. The molecule has 0 aliphatic rings. The van der Waals surface area contributed by atoms with Gasteiger partial charge in [-0.3, -0.25) is 0 Å². The summed E-state index contributed by atoms with van der Waals surface area (Å²) in [5.74, 6) is 0.778. The first-order valence-electron chi connectivity index (χ1n) is 7.18. The number of rotatable bonds is 7. The predicted molar refractivity (Wildman–Crippen MR) is 91.2 cm³/mol. The van der Waals surface area contributed by atoms with Crippen LogP contribution in [0.3, 0.4) is 0 Å². The number of urea groups is 1. The number of ether oxygens (including phenoxy) is 1. The predicted octanol–water partition coefficient (Wildman–Crippen LogP) is 3.37. The first-order valence-corrected chi connectivity index (χ1v) is 7.97. The molecule has 0 radical (unpaired) electrons. The molecule has 0 fully saturated rings. The Balaban J connectivity index is 1.56. The van der Waals surface area contributed by atoms with Gasteiger partial charge in [0.1, 0.15) is 12.4 Å². The van der Waals surface area contributed by atoms with E-state index >= 15 is 0 Å². The highest BCUT2D eigenvalue weighted by Crippen LogP contribution is 2.17. The van der Waals surface area contributed by atoms with E-state index in [2.05, 4.69) is 26.6 Å². The molecule has 0 spiro atoms. The molecule has 2 N–H and O–H groups in total. The smallest absolute Gasteiger partial charge is 0.314 e. The van der Waals surface area contributed by atoms with Crippen LogP contribution in [0.5, 0.6) is 5.75 Å². The van der Waals surface area contributed by atoms with Gasteiger partial charge in [0.2, 0.25) is 0 Å². The van der Waals surface area contributed by atoms with E-state index in [4.69, 9.17) is 4.74 Å². The van der Waals surface area contributed by atoms with Gasteiger partial charge in [-0.1, -0.05) is 52.3 Å². The lowest BCUT2D eigenvalue weighted by molar-refractivity contribution is 0.236. The molecule has 2 aromatic carbocycles. The summed E-state index contributed by atoms with van der Waals surface area (Å²) in [5, 5.41) is 5.59. The minimum Gasteiger partial charge on any atom is -0.492 e. The van der Waals surface area contributed by atoms with Crippen molar-refractivity contribution in [2.75, 3.05) is 19.7 Å². The normalized spacial score (nSPS) is 10.0. The topological polar surface area (TPSA) is 50.4 Å². The number of amides is 2. The summed E-state index contributed by atoms with van der Waals surface area (Å²) >= 11 is 3.38. The number of nitrogens with one attached hydrogen (secondary N) is 2. The summed E-state index contributed by atoms with van der Waals surface area (Å²) in [4.78, 5) is 11.6. The minimum atomic E-state index is -0.172. The van der Waals surface area contributed by atoms with Gasteiger partial charge < -0.3 is 15.4 Å². The third-order valence-corrected chi connectivity index (χ3v) is 3.49. The van der Waals surface area contributed by atoms with E-state index in [0.29, 0.717) is 19.7 Å². The second-order valence-electron chi connectivity index (χ2n) is 4.72. The van der Waals surface area contributed by atoms with Gasteiger partial charge in [-0.2, -0.15) is 0 Å². The third kappa shape index (κ3) is 6.18. The molecule has 2 rings (SSSR count). The first-order chi connectivity index (χ1) is 10.7. The van der Waals surface area contributed by atoms with Crippen molar-refractivity contribution in [2.24, 2.45) is 0 Å². The van der Waals surface area contributed by atoms with Crippen molar-refractivity contribution in [1.82, 2.24) is 10.6 Å². The minimum absolute atomic E-state index is 0.172. The molecule has 5 heteroatoms. The molecular weight excluding hydrogens is 344 g/mol. The van der Waals surface area contributed by atoms with Crippen LogP contribution in [0.15, 0.2) is 59.1 Å². The van der Waals surface area contributed by atoms with E-state index in [0.717, 1.165) is 16.6 Å². The summed E-state index contributed by atoms with van der Waals surface area (Å²) < 4.78 is 6.51. The van der Waals surface area contributed by atoms with Gasteiger partial charge in [0.05, 0.1) is 6.54 Å². The average Bonchev–Trinajstić information content (AvgIpc) is 2.53. The number of benzene rings is 2. The van der Waals surface area contributed by atoms with Crippen LogP contribution in [0.2, 0.25) is 0 Å². The van der Waals surface area contributed by atoms with E-state index in [9.17, 15) is 4.79 Å². The standard InChI is InChI=1S/C17H19BrN2O2/c18-15-7-4-8-16(13-15)22-12-11-20-17(21)19-10-9-14-5-2-1-3-6-14/h1-8,13H,9-12H2,(H2,19,20,21). The fourth-order valence-electron chi connectivity index (χ4n) is 1.92. The molecular formula is C17H19BrN2O2. The lowest BCUT2D eigenvalue weighted by Crippen LogP contribution is -2.38.